The van der Waals surface area contributed by atoms with Crippen LogP contribution in [0.1, 0.15) is 35.4 Å². The van der Waals surface area contributed by atoms with Gasteiger partial charge in [0.05, 0.1) is 30.9 Å². The van der Waals surface area contributed by atoms with Crippen LogP contribution in [0.15, 0.2) is 69.4 Å². The summed E-state index contributed by atoms with van der Waals surface area (Å²) >= 11 is 0. The molecule has 0 aliphatic carbocycles. The van der Waals surface area contributed by atoms with E-state index in [9.17, 15) is 10.1 Å². The number of nitriles is 1. The van der Waals surface area contributed by atoms with E-state index in [2.05, 4.69) is 6.07 Å². The van der Waals surface area contributed by atoms with E-state index in [0.29, 0.717) is 35.1 Å². The molecule has 0 spiro atoms. The van der Waals surface area contributed by atoms with Crippen LogP contribution in [-0.2, 0) is 6.54 Å². The molecule has 1 aromatic carbocycles. The molecule has 1 atom stereocenters. The van der Waals surface area contributed by atoms with Crippen LogP contribution < -0.4 is 20.8 Å². The fourth-order valence-corrected chi connectivity index (χ4v) is 3.70. The highest BCUT2D eigenvalue weighted by Crippen LogP contribution is 2.40. The Morgan fingerprint density at radius 3 is 2.67 bits per heavy atom. The number of fused-ring (bicyclic) bond motifs is 1. The van der Waals surface area contributed by atoms with Gasteiger partial charge in [0.25, 0.3) is 5.56 Å². The van der Waals surface area contributed by atoms with Crippen molar-refractivity contribution in [3.8, 4) is 17.6 Å². The third-order valence-corrected chi connectivity index (χ3v) is 5.11. The van der Waals surface area contributed by atoms with Gasteiger partial charge in [0, 0.05) is 11.8 Å². The van der Waals surface area contributed by atoms with Crippen molar-refractivity contribution in [1.29, 1.82) is 5.26 Å². The minimum Gasteiger partial charge on any atom is -0.494 e. The van der Waals surface area contributed by atoms with Gasteiger partial charge in [-0.15, -0.1) is 0 Å². The summed E-state index contributed by atoms with van der Waals surface area (Å²) in [5.41, 5.74) is 7.84. The van der Waals surface area contributed by atoms with E-state index in [4.69, 9.17) is 19.6 Å². The number of furan rings is 1. The van der Waals surface area contributed by atoms with E-state index >= 15 is 0 Å². The zero-order valence-corrected chi connectivity index (χ0v) is 16.7. The van der Waals surface area contributed by atoms with Gasteiger partial charge in [0.2, 0.25) is 5.88 Å². The van der Waals surface area contributed by atoms with Crippen LogP contribution in [0.25, 0.3) is 0 Å². The number of pyridine rings is 1. The van der Waals surface area contributed by atoms with Gasteiger partial charge in [-0.25, -0.2) is 0 Å². The molecule has 0 saturated carbocycles. The lowest BCUT2D eigenvalue weighted by molar-refractivity contribution is 0.340. The molecule has 7 nitrogen and oxygen atoms in total. The molecular weight excluding hydrogens is 382 g/mol. The minimum absolute atomic E-state index is 0.00599. The summed E-state index contributed by atoms with van der Waals surface area (Å²) in [5, 5.41) is 9.76. The molecule has 3 aromatic rings. The Balaban J connectivity index is 1.88. The Labute approximate surface area is 173 Å². The number of hydrogen-bond donors (Lipinski definition) is 1. The first kappa shape index (κ1) is 19.4. The smallest absolute Gasteiger partial charge is 0.259 e. The third-order valence-electron chi connectivity index (χ3n) is 5.11. The molecule has 2 aromatic heterocycles. The third kappa shape index (κ3) is 3.33. The van der Waals surface area contributed by atoms with Crippen LogP contribution in [0.3, 0.4) is 0 Å². The zero-order valence-electron chi connectivity index (χ0n) is 16.7. The molecule has 0 saturated heterocycles. The summed E-state index contributed by atoms with van der Waals surface area (Å²) in [6.45, 7) is 4.55. The van der Waals surface area contributed by atoms with Crippen LogP contribution >= 0.6 is 0 Å². The van der Waals surface area contributed by atoms with Crippen LogP contribution in [0.4, 0.5) is 0 Å². The van der Waals surface area contributed by atoms with Crippen molar-refractivity contribution in [3.05, 3.63) is 93.1 Å². The number of ether oxygens (including phenoxy) is 2. The summed E-state index contributed by atoms with van der Waals surface area (Å²) in [5.74, 6) is 1.11. The van der Waals surface area contributed by atoms with Crippen molar-refractivity contribution in [2.45, 2.75) is 26.3 Å². The highest BCUT2D eigenvalue weighted by atomic mass is 16.5. The first-order valence-electron chi connectivity index (χ1n) is 9.60. The van der Waals surface area contributed by atoms with E-state index in [1.807, 2.05) is 44.2 Å². The maximum absolute atomic E-state index is 13.5. The van der Waals surface area contributed by atoms with E-state index < -0.39 is 5.92 Å². The fourth-order valence-electron chi connectivity index (χ4n) is 3.70. The molecule has 152 valence electrons. The first-order chi connectivity index (χ1) is 14.5. The van der Waals surface area contributed by atoms with Gasteiger partial charge >= 0.3 is 0 Å². The van der Waals surface area contributed by atoms with Gasteiger partial charge in [-0.2, -0.15) is 5.26 Å². The predicted molar refractivity (Wildman–Crippen MR) is 110 cm³/mol. The largest absolute Gasteiger partial charge is 0.494 e. The van der Waals surface area contributed by atoms with Gasteiger partial charge in [0.1, 0.15) is 28.9 Å². The second-order valence-electron chi connectivity index (χ2n) is 6.96. The lowest BCUT2D eigenvalue weighted by atomic mass is 9.84. The summed E-state index contributed by atoms with van der Waals surface area (Å²) in [7, 11) is 0. The number of allylic oxidation sites excluding steroid dienone is 1. The van der Waals surface area contributed by atoms with Crippen molar-refractivity contribution in [2.75, 3.05) is 6.61 Å². The number of nitrogens with zero attached hydrogens (tertiary/aromatic N) is 2. The summed E-state index contributed by atoms with van der Waals surface area (Å²) in [4.78, 5) is 13.5. The fraction of sp³-hybridized carbons (Fsp3) is 0.217. The van der Waals surface area contributed by atoms with Crippen LogP contribution in [0, 0.1) is 18.3 Å². The molecule has 3 heterocycles. The number of aryl methyl sites for hydroxylation is 1. The maximum atomic E-state index is 13.5. The lowest BCUT2D eigenvalue weighted by Gasteiger charge is -2.27. The summed E-state index contributed by atoms with van der Waals surface area (Å²) < 4.78 is 18.2. The highest BCUT2D eigenvalue weighted by molar-refractivity contribution is 5.55. The van der Waals surface area contributed by atoms with Crippen molar-refractivity contribution in [3.63, 3.8) is 0 Å². The van der Waals surface area contributed by atoms with Crippen LogP contribution in [-0.4, -0.2) is 11.2 Å². The van der Waals surface area contributed by atoms with Gasteiger partial charge < -0.3 is 24.2 Å². The molecule has 0 bridgehead atoms. The van der Waals surface area contributed by atoms with Crippen molar-refractivity contribution < 1.29 is 13.9 Å². The Kier molecular flexibility index (Phi) is 5.07. The number of rotatable bonds is 5. The number of nitrogens with two attached hydrogens (primary N) is 1. The number of benzene rings is 1. The Hall–Kier alpha value is -3.92. The SMILES string of the molecule is CCOc1ccc(C2C(C#N)=C(N)Oc3cc(C)n(Cc4ccco4)c(=O)c32)cc1. The van der Waals surface area contributed by atoms with E-state index in [0.717, 1.165) is 5.56 Å². The van der Waals surface area contributed by atoms with Crippen LogP contribution in [0.5, 0.6) is 11.5 Å². The molecule has 1 unspecified atom stereocenters. The van der Waals surface area contributed by atoms with E-state index in [1.54, 1.807) is 23.0 Å². The quantitative estimate of drug-likeness (QED) is 0.700. The molecule has 0 amide bonds. The molecule has 4 rings (SSSR count). The first-order valence-corrected chi connectivity index (χ1v) is 9.60. The molecule has 0 fully saturated rings. The average molecular weight is 403 g/mol. The van der Waals surface area contributed by atoms with E-state index in [-0.39, 0.29) is 23.6 Å². The van der Waals surface area contributed by atoms with Gasteiger partial charge in [-0.3, -0.25) is 4.79 Å². The second kappa shape index (κ2) is 7.84. The van der Waals surface area contributed by atoms with E-state index in [1.165, 1.54) is 0 Å². The molecule has 7 heteroatoms. The summed E-state index contributed by atoms with van der Waals surface area (Å²) in [6.07, 6.45) is 1.57. The molecule has 30 heavy (non-hydrogen) atoms. The van der Waals surface area contributed by atoms with Gasteiger partial charge in [-0.05, 0) is 43.7 Å². The minimum atomic E-state index is -0.634. The summed E-state index contributed by atoms with van der Waals surface area (Å²) in [6, 6.07) is 14.8. The van der Waals surface area contributed by atoms with Gasteiger partial charge in [-0.1, -0.05) is 12.1 Å². The molecular formula is C23H21N3O4. The standard InChI is InChI=1S/C23H21N3O4/c1-3-28-16-8-6-15(7-9-16)20-18(12-24)22(25)30-19-11-14(2)26(23(27)21(19)20)13-17-5-4-10-29-17/h4-11,20H,3,13,25H2,1-2H3. The zero-order chi connectivity index (χ0) is 21.3. The molecule has 2 N–H and O–H groups in total. The topological polar surface area (TPSA) is 103 Å². The average Bonchev–Trinajstić information content (AvgIpc) is 3.24. The van der Waals surface area contributed by atoms with Crippen molar-refractivity contribution in [1.82, 2.24) is 4.57 Å². The predicted octanol–water partition coefficient (Wildman–Crippen LogP) is 3.41. The second-order valence-corrected chi connectivity index (χ2v) is 6.96. The molecule has 1 aliphatic heterocycles. The Bertz CT molecular complexity index is 1200. The number of aromatic nitrogens is 1. The Morgan fingerprint density at radius 1 is 1.27 bits per heavy atom. The maximum Gasteiger partial charge on any atom is 0.259 e. The Morgan fingerprint density at radius 2 is 2.03 bits per heavy atom. The van der Waals surface area contributed by atoms with Crippen LogP contribution in [0.2, 0.25) is 0 Å². The normalized spacial score (nSPS) is 15.3. The molecule has 0 radical (unpaired) electrons. The molecule has 1 aliphatic rings. The monoisotopic (exact) mass is 403 g/mol. The van der Waals surface area contributed by atoms with Gasteiger partial charge in [0.15, 0.2) is 0 Å². The van der Waals surface area contributed by atoms with Crippen molar-refractivity contribution in [2.24, 2.45) is 5.73 Å². The lowest BCUT2D eigenvalue weighted by Crippen LogP contribution is -2.33. The number of hydrogen-bond acceptors (Lipinski definition) is 6. The van der Waals surface area contributed by atoms with Crippen molar-refractivity contribution >= 4 is 0 Å². The highest BCUT2D eigenvalue weighted by Gasteiger charge is 2.34.